The van der Waals surface area contributed by atoms with Gasteiger partial charge in [0.05, 0.1) is 5.92 Å². The van der Waals surface area contributed by atoms with Crippen LogP contribution in [0.15, 0.2) is 48.5 Å². The zero-order valence-electron chi connectivity index (χ0n) is 11.7. The molecule has 1 heterocycles. The summed E-state index contributed by atoms with van der Waals surface area (Å²) in [5, 5.41) is 2.94. The lowest BCUT2D eigenvalue weighted by atomic mass is 9.96. The van der Waals surface area contributed by atoms with Gasteiger partial charge < -0.3 is 15.8 Å². The Hall–Kier alpha value is -2.33. The molecule has 4 heteroatoms. The van der Waals surface area contributed by atoms with Crippen molar-refractivity contribution in [1.29, 1.82) is 0 Å². The molecule has 0 spiro atoms. The van der Waals surface area contributed by atoms with Gasteiger partial charge in [0.25, 0.3) is 0 Å². The van der Waals surface area contributed by atoms with Gasteiger partial charge >= 0.3 is 0 Å². The SMILES string of the molecule is NCc1cccc(NC(=O)C2COc3ccccc3C2)c1. The molecule has 1 atom stereocenters. The molecule has 2 aromatic carbocycles. The number of carbonyl (C=O) groups excluding carboxylic acids is 1. The van der Waals surface area contributed by atoms with Crippen LogP contribution in [0.25, 0.3) is 0 Å². The van der Waals surface area contributed by atoms with E-state index in [-0.39, 0.29) is 11.8 Å². The predicted octanol–water partition coefficient (Wildman–Crippen LogP) is 2.34. The van der Waals surface area contributed by atoms with Crippen molar-refractivity contribution < 1.29 is 9.53 Å². The smallest absolute Gasteiger partial charge is 0.231 e. The Labute approximate surface area is 123 Å². The van der Waals surface area contributed by atoms with E-state index in [0.29, 0.717) is 19.6 Å². The van der Waals surface area contributed by atoms with Crippen LogP contribution >= 0.6 is 0 Å². The fraction of sp³-hybridized carbons (Fsp3) is 0.235. The maximum absolute atomic E-state index is 12.4. The largest absolute Gasteiger partial charge is 0.492 e. The van der Waals surface area contributed by atoms with E-state index in [4.69, 9.17) is 10.5 Å². The van der Waals surface area contributed by atoms with Crippen molar-refractivity contribution in [2.45, 2.75) is 13.0 Å². The molecule has 108 valence electrons. The van der Waals surface area contributed by atoms with E-state index >= 15 is 0 Å². The van der Waals surface area contributed by atoms with E-state index < -0.39 is 0 Å². The first kappa shape index (κ1) is 13.6. The standard InChI is InChI=1S/C17H18N2O2/c18-10-12-4-3-6-15(8-12)19-17(20)14-9-13-5-1-2-7-16(13)21-11-14/h1-8,14H,9-11,18H2,(H,19,20). The molecular weight excluding hydrogens is 264 g/mol. The molecule has 0 fully saturated rings. The monoisotopic (exact) mass is 282 g/mol. The third kappa shape index (κ3) is 3.06. The number of hydrogen-bond acceptors (Lipinski definition) is 3. The molecule has 0 aliphatic carbocycles. The summed E-state index contributed by atoms with van der Waals surface area (Å²) in [6.45, 7) is 0.878. The van der Waals surface area contributed by atoms with Gasteiger partial charge in [0.1, 0.15) is 12.4 Å². The van der Waals surface area contributed by atoms with Crippen LogP contribution in [0, 0.1) is 5.92 Å². The highest BCUT2D eigenvalue weighted by molar-refractivity contribution is 5.93. The van der Waals surface area contributed by atoms with Gasteiger partial charge in [-0.2, -0.15) is 0 Å². The minimum absolute atomic E-state index is 0.0151. The summed E-state index contributed by atoms with van der Waals surface area (Å²) >= 11 is 0. The van der Waals surface area contributed by atoms with E-state index in [1.54, 1.807) is 0 Å². The number of nitrogens with two attached hydrogens (primary N) is 1. The third-order valence-corrected chi connectivity index (χ3v) is 3.68. The summed E-state index contributed by atoms with van der Waals surface area (Å²) in [5.41, 5.74) is 8.47. The van der Waals surface area contributed by atoms with Gasteiger partial charge in [-0.15, -0.1) is 0 Å². The molecule has 0 aromatic heterocycles. The van der Waals surface area contributed by atoms with Crippen LogP contribution in [0.5, 0.6) is 5.75 Å². The van der Waals surface area contributed by atoms with E-state index in [2.05, 4.69) is 5.32 Å². The quantitative estimate of drug-likeness (QED) is 0.908. The van der Waals surface area contributed by atoms with Gasteiger partial charge in [0, 0.05) is 12.2 Å². The fourth-order valence-corrected chi connectivity index (χ4v) is 2.52. The number of fused-ring (bicyclic) bond motifs is 1. The van der Waals surface area contributed by atoms with Gasteiger partial charge in [-0.1, -0.05) is 30.3 Å². The van der Waals surface area contributed by atoms with E-state index in [9.17, 15) is 4.79 Å². The molecule has 1 aliphatic rings. The predicted molar refractivity (Wildman–Crippen MR) is 82.1 cm³/mol. The van der Waals surface area contributed by atoms with E-state index in [1.165, 1.54) is 0 Å². The number of nitrogens with one attached hydrogen (secondary N) is 1. The van der Waals surface area contributed by atoms with Gasteiger partial charge in [-0.05, 0) is 35.7 Å². The van der Waals surface area contributed by atoms with Crippen LogP contribution in [0.3, 0.4) is 0 Å². The minimum atomic E-state index is -0.165. The molecular formula is C17H18N2O2. The Kier molecular flexibility index (Phi) is 3.88. The molecule has 2 aromatic rings. The molecule has 0 saturated heterocycles. The number of carbonyl (C=O) groups is 1. The van der Waals surface area contributed by atoms with Crippen molar-refractivity contribution in [3.8, 4) is 5.75 Å². The van der Waals surface area contributed by atoms with Crippen molar-refractivity contribution in [2.75, 3.05) is 11.9 Å². The summed E-state index contributed by atoms with van der Waals surface area (Å²) in [4.78, 5) is 12.4. The summed E-state index contributed by atoms with van der Waals surface area (Å²) < 4.78 is 5.66. The Morgan fingerprint density at radius 1 is 1.24 bits per heavy atom. The first-order valence-electron chi connectivity index (χ1n) is 7.07. The van der Waals surface area contributed by atoms with E-state index in [1.807, 2.05) is 48.5 Å². The fourth-order valence-electron chi connectivity index (χ4n) is 2.52. The number of anilines is 1. The molecule has 0 bridgehead atoms. The zero-order valence-corrected chi connectivity index (χ0v) is 11.7. The van der Waals surface area contributed by atoms with Crippen LogP contribution < -0.4 is 15.8 Å². The molecule has 3 N–H and O–H groups in total. The number of hydrogen-bond donors (Lipinski definition) is 2. The molecule has 1 unspecified atom stereocenters. The Bertz CT molecular complexity index is 655. The van der Waals surface area contributed by atoms with Crippen LogP contribution in [0.2, 0.25) is 0 Å². The molecule has 0 saturated carbocycles. The zero-order chi connectivity index (χ0) is 14.7. The molecule has 21 heavy (non-hydrogen) atoms. The summed E-state index contributed by atoms with van der Waals surface area (Å²) in [5.74, 6) is 0.701. The van der Waals surface area contributed by atoms with Gasteiger partial charge in [0.15, 0.2) is 0 Å². The van der Waals surface area contributed by atoms with Gasteiger partial charge in [0.2, 0.25) is 5.91 Å². The summed E-state index contributed by atoms with van der Waals surface area (Å²) in [6.07, 6.45) is 0.707. The normalized spacial score (nSPS) is 16.7. The van der Waals surface area contributed by atoms with Crippen LogP contribution in [0.1, 0.15) is 11.1 Å². The minimum Gasteiger partial charge on any atom is -0.492 e. The second-order valence-electron chi connectivity index (χ2n) is 5.21. The lowest BCUT2D eigenvalue weighted by Gasteiger charge is -2.24. The van der Waals surface area contributed by atoms with Crippen molar-refractivity contribution in [3.63, 3.8) is 0 Å². The molecule has 0 radical (unpaired) electrons. The molecule has 3 rings (SSSR count). The average molecular weight is 282 g/mol. The highest BCUT2D eigenvalue weighted by Gasteiger charge is 2.25. The Morgan fingerprint density at radius 2 is 2.10 bits per heavy atom. The van der Waals surface area contributed by atoms with Crippen molar-refractivity contribution in [2.24, 2.45) is 11.7 Å². The van der Waals surface area contributed by atoms with Crippen LogP contribution in [-0.2, 0) is 17.8 Å². The van der Waals surface area contributed by atoms with Gasteiger partial charge in [-0.25, -0.2) is 0 Å². The first-order valence-corrected chi connectivity index (χ1v) is 7.07. The molecule has 1 aliphatic heterocycles. The topological polar surface area (TPSA) is 64.3 Å². The summed E-state index contributed by atoms with van der Waals surface area (Å²) in [6, 6.07) is 15.5. The van der Waals surface area contributed by atoms with Crippen molar-refractivity contribution in [1.82, 2.24) is 0 Å². The number of benzene rings is 2. The number of para-hydroxylation sites is 1. The molecule has 1 amide bonds. The second-order valence-corrected chi connectivity index (χ2v) is 5.21. The van der Waals surface area contributed by atoms with E-state index in [0.717, 1.165) is 22.6 Å². The number of ether oxygens (including phenoxy) is 1. The van der Waals surface area contributed by atoms with Crippen LogP contribution in [-0.4, -0.2) is 12.5 Å². The van der Waals surface area contributed by atoms with Gasteiger partial charge in [-0.3, -0.25) is 4.79 Å². The maximum atomic E-state index is 12.4. The Balaban J connectivity index is 1.69. The lowest BCUT2D eigenvalue weighted by Crippen LogP contribution is -2.32. The molecule has 4 nitrogen and oxygen atoms in total. The Morgan fingerprint density at radius 3 is 2.95 bits per heavy atom. The average Bonchev–Trinajstić information content (AvgIpc) is 2.54. The van der Waals surface area contributed by atoms with Crippen molar-refractivity contribution in [3.05, 3.63) is 59.7 Å². The third-order valence-electron chi connectivity index (χ3n) is 3.68. The maximum Gasteiger partial charge on any atom is 0.231 e. The van der Waals surface area contributed by atoms with Crippen molar-refractivity contribution >= 4 is 11.6 Å². The summed E-state index contributed by atoms with van der Waals surface area (Å²) in [7, 11) is 0. The number of amides is 1. The number of rotatable bonds is 3. The first-order chi connectivity index (χ1) is 10.3. The second kappa shape index (κ2) is 5.97. The van der Waals surface area contributed by atoms with Crippen LogP contribution in [0.4, 0.5) is 5.69 Å². The highest BCUT2D eigenvalue weighted by Crippen LogP contribution is 2.27. The highest BCUT2D eigenvalue weighted by atomic mass is 16.5. The lowest BCUT2D eigenvalue weighted by molar-refractivity contribution is -0.121.